The van der Waals surface area contributed by atoms with E-state index in [1.54, 1.807) is 6.20 Å². The van der Waals surface area contributed by atoms with E-state index in [0.29, 0.717) is 17.5 Å². The topological polar surface area (TPSA) is 68.6 Å². The predicted molar refractivity (Wildman–Crippen MR) is 40.5 cm³/mol. The highest BCUT2D eigenvalue weighted by molar-refractivity contribution is 5.76. The number of fused-ring (bicyclic) bond motifs is 1. The summed E-state index contributed by atoms with van der Waals surface area (Å²) in [5, 5.41) is 0. The fraction of sp³-hybridized carbons (Fsp3) is 0. The Morgan fingerprint density at radius 3 is 3.00 bits per heavy atom. The molecule has 2 heterocycles. The summed E-state index contributed by atoms with van der Waals surface area (Å²) in [5.74, 6) is 0. The SMILES string of the molecule is O=Cc1cnc2cncnc2n1. The summed E-state index contributed by atoms with van der Waals surface area (Å²) in [6.45, 7) is 0. The van der Waals surface area contributed by atoms with Crippen molar-refractivity contribution in [3.8, 4) is 0 Å². The molecule has 5 nitrogen and oxygen atoms in total. The molecule has 0 amide bonds. The van der Waals surface area contributed by atoms with Gasteiger partial charge in [0.25, 0.3) is 0 Å². The van der Waals surface area contributed by atoms with Crippen molar-refractivity contribution >= 4 is 17.5 Å². The van der Waals surface area contributed by atoms with Crippen molar-refractivity contribution in [3.05, 3.63) is 24.4 Å². The van der Waals surface area contributed by atoms with Gasteiger partial charge in [-0.25, -0.2) is 19.9 Å². The van der Waals surface area contributed by atoms with Gasteiger partial charge in [-0.2, -0.15) is 0 Å². The van der Waals surface area contributed by atoms with Gasteiger partial charge >= 0.3 is 0 Å². The number of aromatic nitrogens is 4. The number of hydrogen-bond donors (Lipinski definition) is 0. The van der Waals surface area contributed by atoms with Crippen LogP contribution in [0.1, 0.15) is 10.5 Å². The first-order valence-electron chi connectivity index (χ1n) is 3.28. The largest absolute Gasteiger partial charge is 0.296 e. The van der Waals surface area contributed by atoms with Crippen LogP contribution in [-0.2, 0) is 0 Å². The van der Waals surface area contributed by atoms with Gasteiger partial charge < -0.3 is 0 Å². The van der Waals surface area contributed by atoms with Gasteiger partial charge in [-0.15, -0.1) is 0 Å². The molecule has 0 radical (unpaired) electrons. The summed E-state index contributed by atoms with van der Waals surface area (Å²) in [6, 6.07) is 0. The average molecular weight is 160 g/mol. The molecule has 0 aliphatic rings. The lowest BCUT2D eigenvalue weighted by molar-refractivity contribution is 0.111. The van der Waals surface area contributed by atoms with E-state index < -0.39 is 0 Å². The minimum Gasteiger partial charge on any atom is -0.296 e. The van der Waals surface area contributed by atoms with Gasteiger partial charge in [0.05, 0.1) is 12.4 Å². The third kappa shape index (κ3) is 1.01. The monoisotopic (exact) mass is 160 g/mol. The summed E-state index contributed by atoms with van der Waals surface area (Å²) in [7, 11) is 0. The summed E-state index contributed by atoms with van der Waals surface area (Å²) in [5.41, 5.74) is 1.30. The van der Waals surface area contributed by atoms with Crippen LogP contribution in [0.5, 0.6) is 0 Å². The second-order valence-corrected chi connectivity index (χ2v) is 2.14. The number of carbonyl (C=O) groups excluding carboxylic acids is 1. The molecule has 0 bridgehead atoms. The Morgan fingerprint density at radius 1 is 1.25 bits per heavy atom. The Bertz CT molecular complexity index is 428. The van der Waals surface area contributed by atoms with Crippen LogP contribution in [0.25, 0.3) is 11.2 Å². The van der Waals surface area contributed by atoms with Crippen LogP contribution in [0.15, 0.2) is 18.7 Å². The van der Waals surface area contributed by atoms with Gasteiger partial charge in [0.1, 0.15) is 17.5 Å². The first-order chi connectivity index (χ1) is 5.90. The predicted octanol–water partition coefficient (Wildman–Crippen LogP) is 0.232. The minimum atomic E-state index is 0.279. The van der Waals surface area contributed by atoms with E-state index in [0.717, 1.165) is 0 Å². The highest BCUT2D eigenvalue weighted by Gasteiger charge is 1.97. The lowest BCUT2D eigenvalue weighted by Crippen LogP contribution is -1.93. The van der Waals surface area contributed by atoms with E-state index >= 15 is 0 Å². The van der Waals surface area contributed by atoms with Crippen LogP contribution in [0.4, 0.5) is 0 Å². The van der Waals surface area contributed by atoms with Crippen molar-refractivity contribution in [2.75, 3.05) is 0 Å². The van der Waals surface area contributed by atoms with Crippen LogP contribution in [0.3, 0.4) is 0 Å². The maximum Gasteiger partial charge on any atom is 0.181 e. The average Bonchev–Trinajstić information content (AvgIpc) is 2.17. The molecule has 0 aromatic carbocycles. The lowest BCUT2D eigenvalue weighted by Gasteiger charge is -1.92. The van der Waals surface area contributed by atoms with Crippen molar-refractivity contribution < 1.29 is 4.79 Å². The van der Waals surface area contributed by atoms with Gasteiger partial charge in [-0.3, -0.25) is 4.79 Å². The molecule has 0 spiro atoms. The normalized spacial score (nSPS) is 10.0. The number of carbonyl (C=O) groups is 1. The molecule has 58 valence electrons. The molecule has 0 fully saturated rings. The highest BCUT2D eigenvalue weighted by Crippen LogP contribution is 2.01. The van der Waals surface area contributed by atoms with Crippen molar-refractivity contribution in [1.29, 1.82) is 0 Å². The Balaban J connectivity index is 2.75. The van der Waals surface area contributed by atoms with Crippen LogP contribution >= 0.6 is 0 Å². The van der Waals surface area contributed by atoms with Crippen molar-refractivity contribution in [3.63, 3.8) is 0 Å². The molecule has 0 saturated carbocycles. The van der Waals surface area contributed by atoms with Crippen LogP contribution in [0, 0.1) is 0 Å². The van der Waals surface area contributed by atoms with Gasteiger partial charge in [-0.05, 0) is 0 Å². The van der Waals surface area contributed by atoms with E-state index in [9.17, 15) is 4.79 Å². The second kappa shape index (κ2) is 2.61. The molecule has 2 aromatic heterocycles. The molecule has 0 aliphatic carbocycles. The molecule has 0 saturated heterocycles. The van der Waals surface area contributed by atoms with Crippen LogP contribution < -0.4 is 0 Å². The van der Waals surface area contributed by atoms with E-state index in [1.807, 2.05) is 0 Å². The molecule has 12 heavy (non-hydrogen) atoms. The first-order valence-corrected chi connectivity index (χ1v) is 3.28. The van der Waals surface area contributed by atoms with Gasteiger partial charge in [0.15, 0.2) is 11.9 Å². The fourth-order valence-corrected chi connectivity index (χ4v) is 0.837. The van der Waals surface area contributed by atoms with E-state index in [4.69, 9.17) is 0 Å². The summed E-state index contributed by atoms with van der Waals surface area (Å²) >= 11 is 0. The van der Waals surface area contributed by atoms with Crippen LogP contribution in [-0.4, -0.2) is 26.2 Å². The number of hydrogen-bond acceptors (Lipinski definition) is 5. The lowest BCUT2D eigenvalue weighted by atomic mass is 10.4. The molecule has 5 heteroatoms. The summed E-state index contributed by atoms with van der Waals surface area (Å²) in [6.07, 6.45) is 4.93. The molecule has 0 unspecified atom stereocenters. The van der Waals surface area contributed by atoms with Gasteiger partial charge in [0, 0.05) is 0 Å². The maximum atomic E-state index is 10.3. The Morgan fingerprint density at radius 2 is 2.17 bits per heavy atom. The zero-order chi connectivity index (χ0) is 8.39. The smallest absolute Gasteiger partial charge is 0.181 e. The Kier molecular flexibility index (Phi) is 1.48. The zero-order valence-electron chi connectivity index (χ0n) is 6.01. The summed E-state index contributed by atoms with van der Waals surface area (Å²) in [4.78, 5) is 25.8. The quantitative estimate of drug-likeness (QED) is 0.558. The zero-order valence-corrected chi connectivity index (χ0v) is 6.01. The van der Waals surface area contributed by atoms with Crippen molar-refractivity contribution in [2.45, 2.75) is 0 Å². The number of nitrogens with zero attached hydrogens (tertiary/aromatic N) is 4. The maximum absolute atomic E-state index is 10.3. The second-order valence-electron chi connectivity index (χ2n) is 2.14. The first kappa shape index (κ1) is 6.78. The standard InChI is InChI=1S/C7H4N4O/c12-3-5-1-9-6-2-8-4-10-7(6)11-5/h1-4H. The summed E-state index contributed by atoms with van der Waals surface area (Å²) < 4.78 is 0. The molecule has 2 rings (SSSR count). The van der Waals surface area contributed by atoms with Crippen LogP contribution in [0.2, 0.25) is 0 Å². The van der Waals surface area contributed by atoms with E-state index in [-0.39, 0.29) is 5.69 Å². The highest BCUT2D eigenvalue weighted by atomic mass is 16.1. The Labute approximate surface area is 67.5 Å². The van der Waals surface area contributed by atoms with Crippen molar-refractivity contribution in [1.82, 2.24) is 19.9 Å². The third-order valence-corrected chi connectivity index (χ3v) is 1.36. The Hall–Kier alpha value is -1.91. The van der Waals surface area contributed by atoms with E-state index in [2.05, 4.69) is 19.9 Å². The molecule has 0 N–H and O–H groups in total. The molecule has 0 atom stereocenters. The number of aldehydes is 1. The minimum absolute atomic E-state index is 0.279. The van der Waals surface area contributed by atoms with Crippen molar-refractivity contribution in [2.24, 2.45) is 0 Å². The third-order valence-electron chi connectivity index (χ3n) is 1.36. The molecular weight excluding hydrogens is 156 g/mol. The molecular formula is C7H4N4O. The van der Waals surface area contributed by atoms with E-state index in [1.165, 1.54) is 12.5 Å². The number of rotatable bonds is 1. The molecule has 0 aliphatic heterocycles. The van der Waals surface area contributed by atoms with Gasteiger partial charge in [0.2, 0.25) is 0 Å². The van der Waals surface area contributed by atoms with Gasteiger partial charge in [-0.1, -0.05) is 0 Å². The molecule has 2 aromatic rings. The fourth-order valence-electron chi connectivity index (χ4n) is 0.837.